The van der Waals surface area contributed by atoms with Gasteiger partial charge in [0.2, 0.25) is 17.7 Å². The van der Waals surface area contributed by atoms with Gasteiger partial charge in [-0.25, -0.2) is 0 Å². The van der Waals surface area contributed by atoms with Gasteiger partial charge in [0.05, 0.1) is 18.7 Å². The van der Waals surface area contributed by atoms with Crippen LogP contribution in [0.25, 0.3) is 0 Å². The van der Waals surface area contributed by atoms with E-state index in [1.807, 2.05) is 23.7 Å². The Morgan fingerprint density at radius 2 is 2.29 bits per heavy atom. The Labute approximate surface area is 143 Å². The van der Waals surface area contributed by atoms with Crippen molar-refractivity contribution in [2.45, 2.75) is 19.4 Å². The molecule has 24 heavy (non-hydrogen) atoms. The van der Waals surface area contributed by atoms with Gasteiger partial charge in [-0.05, 0) is 23.4 Å². The van der Waals surface area contributed by atoms with E-state index in [-0.39, 0.29) is 30.7 Å². The molecular formula is C16H18N4O3S. The van der Waals surface area contributed by atoms with Crippen LogP contribution >= 0.6 is 11.3 Å². The summed E-state index contributed by atoms with van der Waals surface area (Å²) in [5, 5.41) is 8.72. The summed E-state index contributed by atoms with van der Waals surface area (Å²) in [6, 6.07) is 3.82. The van der Waals surface area contributed by atoms with Crippen molar-refractivity contribution in [3.8, 4) is 0 Å². The van der Waals surface area contributed by atoms with E-state index in [2.05, 4.69) is 10.4 Å². The zero-order chi connectivity index (χ0) is 17.1. The second-order valence-electron chi connectivity index (χ2n) is 5.80. The van der Waals surface area contributed by atoms with Gasteiger partial charge in [0, 0.05) is 24.5 Å². The fourth-order valence-electron chi connectivity index (χ4n) is 2.74. The minimum Gasteiger partial charge on any atom is -0.350 e. The van der Waals surface area contributed by atoms with Gasteiger partial charge in [-0.1, -0.05) is 6.07 Å². The van der Waals surface area contributed by atoms with Crippen molar-refractivity contribution >= 4 is 29.1 Å². The number of thiophene rings is 1. The number of imide groups is 1. The van der Waals surface area contributed by atoms with Crippen molar-refractivity contribution in [3.63, 3.8) is 0 Å². The topological polar surface area (TPSA) is 84.3 Å². The maximum absolute atomic E-state index is 12.4. The molecule has 1 atom stereocenters. The SMILES string of the molecule is Cn1cc(C[C@H]2CC(=O)N(CC(=O)NCc3cccs3)C2=O)cn1. The summed E-state index contributed by atoms with van der Waals surface area (Å²) in [6.45, 7) is 0.193. The predicted octanol–water partition coefficient (Wildman–Crippen LogP) is 0.716. The van der Waals surface area contributed by atoms with Gasteiger partial charge in [-0.15, -0.1) is 11.3 Å². The standard InChI is InChI=1S/C16H18N4O3S/c1-19-9-11(7-18-19)5-12-6-15(22)20(16(12)23)10-14(21)17-8-13-3-2-4-24-13/h2-4,7,9,12H,5-6,8,10H2,1H3,(H,17,21)/t12-/m0/s1. The molecule has 7 nitrogen and oxygen atoms in total. The first-order valence-corrected chi connectivity index (χ1v) is 8.51. The van der Waals surface area contributed by atoms with Gasteiger partial charge in [-0.2, -0.15) is 5.10 Å². The summed E-state index contributed by atoms with van der Waals surface area (Å²) < 4.78 is 1.66. The van der Waals surface area contributed by atoms with Gasteiger partial charge in [-0.3, -0.25) is 24.0 Å². The molecule has 1 saturated heterocycles. The highest BCUT2D eigenvalue weighted by atomic mass is 32.1. The lowest BCUT2D eigenvalue weighted by atomic mass is 10.0. The van der Waals surface area contributed by atoms with Crippen molar-refractivity contribution in [3.05, 3.63) is 40.3 Å². The van der Waals surface area contributed by atoms with Crippen molar-refractivity contribution in [2.24, 2.45) is 13.0 Å². The third kappa shape index (κ3) is 3.70. The fraction of sp³-hybridized carbons (Fsp3) is 0.375. The number of likely N-dealkylation sites (tertiary alicyclic amines) is 1. The third-order valence-electron chi connectivity index (χ3n) is 3.92. The molecule has 3 heterocycles. The van der Waals surface area contributed by atoms with Crippen molar-refractivity contribution in [1.82, 2.24) is 20.0 Å². The Morgan fingerprint density at radius 1 is 1.46 bits per heavy atom. The number of rotatable bonds is 6. The largest absolute Gasteiger partial charge is 0.350 e. The van der Waals surface area contributed by atoms with Crippen molar-refractivity contribution in [1.29, 1.82) is 0 Å². The molecule has 3 rings (SSSR count). The molecule has 0 unspecified atom stereocenters. The normalized spacial score (nSPS) is 17.5. The number of amides is 3. The van der Waals surface area contributed by atoms with Crippen LogP contribution in [0.1, 0.15) is 16.9 Å². The van der Waals surface area contributed by atoms with Gasteiger partial charge in [0.15, 0.2) is 0 Å². The van der Waals surface area contributed by atoms with Crippen LogP contribution in [0, 0.1) is 5.92 Å². The molecule has 0 spiro atoms. The van der Waals surface area contributed by atoms with Gasteiger partial charge < -0.3 is 5.32 Å². The number of nitrogens with one attached hydrogen (secondary N) is 1. The number of carbonyl (C=O) groups is 3. The Kier molecular flexibility index (Phi) is 4.75. The van der Waals surface area contributed by atoms with E-state index in [1.54, 1.807) is 29.3 Å². The quantitative estimate of drug-likeness (QED) is 0.781. The number of hydrogen-bond donors (Lipinski definition) is 1. The highest BCUT2D eigenvalue weighted by molar-refractivity contribution is 7.09. The Morgan fingerprint density at radius 3 is 2.96 bits per heavy atom. The Hall–Kier alpha value is -2.48. The first kappa shape index (κ1) is 16.4. The number of nitrogens with zero attached hydrogens (tertiary/aromatic N) is 3. The summed E-state index contributed by atoms with van der Waals surface area (Å²) in [6.07, 6.45) is 4.12. The van der Waals surface area contributed by atoms with Crippen LogP contribution in [-0.4, -0.2) is 38.9 Å². The molecule has 0 aliphatic carbocycles. The number of aryl methyl sites for hydroxylation is 1. The maximum Gasteiger partial charge on any atom is 0.240 e. The lowest BCUT2D eigenvalue weighted by Crippen LogP contribution is -2.40. The van der Waals surface area contributed by atoms with Crippen LogP contribution in [0.5, 0.6) is 0 Å². The molecule has 2 aromatic heterocycles. The first-order chi connectivity index (χ1) is 11.5. The second-order valence-corrected chi connectivity index (χ2v) is 6.83. The molecule has 126 valence electrons. The molecule has 1 N–H and O–H groups in total. The lowest BCUT2D eigenvalue weighted by Gasteiger charge is -2.14. The zero-order valence-corrected chi connectivity index (χ0v) is 14.1. The van der Waals surface area contributed by atoms with Crippen LogP contribution in [-0.2, 0) is 34.4 Å². The highest BCUT2D eigenvalue weighted by Gasteiger charge is 2.39. The van der Waals surface area contributed by atoms with E-state index in [0.29, 0.717) is 13.0 Å². The summed E-state index contributed by atoms with van der Waals surface area (Å²) in [7, 11) is 1.80. The van der Waals surface area contributed by atoms with E-state index in [4.69, 9.17) is 0 Å². The summed E-state index contributed by atoms with van der Waals surface area (Å²) in [5.74, 6) is -1.31. The van der Waals surface area contributed by atoms with E-state index >= 15 is 0 Å². The van der Waals surface area contributed by atoms with Gasteiger partial charge in [0.25, 0.3) is 0 Å². The molecule has 0 bridgehead atoms. The van der Waals surface area contributed by atoms with Crippen LogP contribution in [0.2, 0.25) is 0 Å². The Bertz CT molecular complexity index is 753. The monoisotopic (exact) mass is 346 g/mol. The van der Waals surface area contributed by atoms with Crippen LogP contribution in [0.3, 0.4) is 0 Å². The molecule has 1 aliphatic rings. The van der Waals surface area contributed by atoms with E-state index in [0.717, 1.165) is 15.3 Å². The number of hydrogen-bond acceptors (Lipinski definition) is 5. The van der Waals surface area contributed by atoms with Crippen LogP contribution < -0.4 is 5.32 Å². The van der Waals surface area contributed by atoms with Crippen molar-refractivity contribution < 1.29 is 14.4 Å². The summed E-state index contributed by atoms with van der Waals surface area (Å²) in [4.78, 5) is 38.5. The Balaban J connectivity index is 1.54. The van der Waals surface area contributed by atoms with Gasteiger partial charge >= 0.3 is 0 Å². The highest BCUT2D eigenvalue weighted by Crippen LogP contribution is 2.23. The summed E-state index contributed by atoms with van der Waals surface area (Å²) >= 11 is 1.54. The average molecular weight is 346 g/mol. The summed E-state index contributed by atoms with van der Waals surface area (Å²) in [5.41, 5.74) is 0.910. The second kappa shape index (κ2) is 6.96. The molecule has 1 aliphatic heterocycles. The van der Waals surface area contributed by atoms with Crippen LogP contribution in [0.4, 0.5) is 0 Å². The van der Waals surface area contributed by atoms with Crippen molar-refractivity contribution in [2.75, 3.05) is 6.54 Å². The molecule has 0 radical (unpaired) electrons. The number of carbonyl (C=O) groups excluding carboxylic acids is 3. The third-order valence-corrected chi connectivity index (χ3v) is 4.80. The number of aromatic nitrogens is 2. The minimum absolute atomic E-state index is 0.145. The minimum atomic E-state index is -0.410. The van der Waals surface area contributed by atoms with E-state index in [9.17, 15) is 14.4 Å². The molecule has 3 amide bonds. The predicted molar refractivity (Wildman–Crippen MR) is 87.9 cm³/mol. The smallest absolute Gasteiger partial charge is 0.240 e. The van der Waals surface area contributed by atoms with Crippen LogP contribution in [0.15, 0.2) is 29.9 Å². The average Bonchev–Trinajstić information content (AvgIpc) is 3.25. The lowest BCUT2D eigenvalue weighted by molar-refractivity contribution is -0.143. The first-order valence-electron chi connectivity index (χ1n) is 7.63. The molecule has 2 aromatic rings. The molecule has 0 aromatic carbocycles. The molecular weight excluding hydrogens is 328 g/mol. The zero-order valence-electron chi connectivity index (χ0n) is 13.3. The molecule has 8 heteroatoms. The maximum atomic E-state index is 12.4. The van der Waals surface area contributed by atoms with E-state index in [1.165, 1.54) is 0 Å². The molecule has 1 fully saturated rings. The fourth-order valence-corrected chi connectivity index (χ4v) is 3.38. The molecule has 0 saturated carbocycles. The van der Waals surface area contributed by atoms with E-state index < -0.39 is 5.92 Å². The van der Waals surface area contributed by atoms with Gasteiger partial charge in [0.1, 0.15) is 6.54 Å².